The zero-order valence-electron chi connectivity index (χ0n) is 16.6. The highest BCUT2D eigenvalue weighted by molar-refractivity contribution is 6.20. The Kier molecular flexibility index (Phi) is 4.11. The Morgan fingerprint density at radius 2 is 1.90 bits per heavy atom. The van der Waals surface area contributed by atoms with Crippen molar-refractivity contribution in [3.63, 3.8) is 0 Å². The average molecular weight is 407 g/mol. The molecule has 2 N–H and O–H groups in total. The molecule has 30 heavy (non-hydrogen) atoms. The van der Waals surface area contributed by atoms with Crippen LogP contribution >= 0.6 is 0 Å². The molecule has 4 heterocycles. The van der Waals surface area contributed by atoms with Crippen LogP contribution in [0.3, 0.4) is 0 Å². The molecule has 3 aliphatic rings. The first-order valence-electron chi connectivity index (χ1n) is 9.88. The number of carbonyl (C=O) groups excluding carboxylic acids is 3. The predicted molar refractivity (Wildman–Crippen MR) is 106 cm³/mol. The van der Waals surface area contributed by atoms with Gasteiger partial charge in [-0.05, 0) is 38.0 Å². The van der Waals surface area contributed by atoms with Crippen LogP contribution in [0, 0.1) is 5.41 Å². The van der Waals surface area contributed by atoms with E-state index >= 15 is 0 Å². The van der Waals surface area contributed by atoms with Crippen LogP contribution in [-0.4, -0.2) is 52.6 Å². The molecule has 3 atom stereocenters. The van der Waals surface area contributed by atoms with Gasteiger partial charge in [-0.3, -0.25) is 30.2 Å². The molecule has 154 valence electrons. The standard InChI is InChI=1S/C21H21N5O4/c1-11-10-26-16-4-3-13(15-9-22-5-6-23-15)7-14(16)8-21(17(26)12(2)30-11)18(27)24-20(29)25-19(21)28/h3-7,9,11-12,17H,8,10H2,1-2H3,(H2,24,25,27,28,29)/t11-,12+,17-/m0/s1. The van der Waals surface area contributed by atoms with Gasteiger partial charge in [-0.1, -0.05) is 6.07 Å². The minimum Gasteiger partial charge on any atom is -0.372 e. The summed E-state index contributed by atoms with van der Waals surface area (Å²) in [6.07, 6.45) is 4.59. The molecule has 0 bridgehead atoms. The number of hydrogen-bond donors (Lipinski definition) is 2. The lowest BCUT2D eigenvalue weighted by Gasteiger charge is -2.55. The molecule has 1 aromatic heterocycles. The van der Waals surface area contributed by atoms with E-state index in [4.69, 9.17) is 4.74 Å². The summed E-state index contributed by atoms with van der Waals surface area (Å²) in [4.78, 5) is 48.6. The van der Waals surface area contributed by atoms with Crippen molar-refractivity contribution in [2.45, 2.75) is 38.5 Å². The van der Waals surface area contributed by atoms with Crippen LogP contribution in [0.5, 0.6) is 0 Å². The molecule has 0 aliphatic carbocycles. The largest absolute Gasteiger partial charge is 0.372 e. The number of rotatable bonds is 1. The number of nitrogens with one attached hydrogen (secondary N) is 2. The number of barbiturate groups is 1. The Hall–Kier alpha value is -3.33. The SMILES string of the molecule is C[C@H]1CN2c3ccc(-c4cnccn4)cc3CC3(C(=O)NC(=O)NC3=O)[C@@H]2[C@@H](C)O1. The van der Waals surface area contributed by atoms with Gasteiger partial charge in [0, 0.05) is 30.2 Å². The Morgan fingerprint density at radius 3 is 2.60 bits per heavy atom. The van der Waals surface area contributed by atoms with Gasteiger partial charge in [0.25, 0.3) is 0 Å². The molecule has 4 amide bonds. The van der Waals surface area contributed by atoms with Crippen LogP contribution < -0.4 is 15.5 Å². The summed E-state index contributed by atoms with van der Waals surface area (Å²) >= 11 is 0. The van der Waals surface area contributed by atoms with Crippen molar-refractivity contribution >= 4 is 23.5 Å². The molecule has 2 saturated heterocycles. The summed E-state index contributed by atoms with van der Waals surface area (Å²) in [5.74, 6) is -1.18. The zero-order valence-corrected chi connectivity index (χ0v) is 16.6. The maximum atomic E-state index is 13.1. The molecule has 2 aromatic rings. The molecule has 0 radical (unpaired) electrons. The van der Waals surface area contributed by atoms with Gasteiger partial charge >= 0.3 is 6.03 Å². The lowest BCUT2D eigenvalue weighted by Crippen LogP contribution is -2.75. The van der Waals surface area contributed by atoms with Crippen LogP contribution in [0.15, 0.2) is 36.8 Å². The third kappa shape index (κ3) is 2.62. The van der Waals surface area contributed by atoms with Gasteiger partial charge in [-0.25, -0.2) is 4.79 Å². The fraction of sp³-hybridized carbons (Fsp3) is 0.381. The average Bonchev–Trinajstić information content (AvgIpc) is 2.71. The van der Waals surface area contributed by atoms with E-state index in [0.29, 0.717) is 12.2 Å². The zero-order chi connectivity index (χ0) is 21.0. The number of fused-ring (bicyclic) bond motifs is 4. The van der Waals surface area contributed by atoms with Crippen molar-refractivity contribution in [2.75, 3.05) is 11.4 Å². The second-order valence-corrected chi connectivity index (χ2v) is 8.07. The molecule has 9 heteroatoms. The Morgan fingerprint density at radius 1 is 1.13 bits per heavy atom. The van der Waals surface area contributed by atoms with Crippen molar-refractivity contribution in [1.82, 2.24) is 20.6 Å². The number of carbonyl (C=O) groups is 3. The van der Waals surface area contributed by atoms with Gasteiger partial charge in [-0.2, -0.15) is 0 Å². The summed E-state index contributed by atoms with van der Waals surface area (Å²) in [5.41, 5.74) is 1.88. The van der Waals surface area contributed by atoms with E-state index in [9.17, 15) is 14.4 Å². The quantitative estimate of drug-likeness (QED) is 0.679. The van der Waals surface area contributed by atoms with E-state index in [1.165, 1.54) is 0 Å². The van der Waals surface area contributed by atoms with E-state index in [-0.39, 0.29) is 18.6 Å². The minimum atomic E-state index is -1.47. The fourth-order valence-corrected chi connectivity index (χ4v) is 5.06. The van der Waals surface area contributed by atoms with E-state index < -0.39 is 29.3 Å². The Bertz CT molecular complexity index is 1040. The molecular weight excluding hydrogens is 386 g/mol. The van der Waals surface area contributed by atoms with E-state index in [1.54, 1.807) is 18.6 Å². The molecule has 9 nitrogen and oxygen atoms in total. The molecule has 5 rings (SSSR count). The highest BCUT2D eigenvalue weighted by atomic mass is 16.5. The summed E-state index contributed by atoms with van der Waals surface area (Å²) in [6.45, 7) is 4.36. The Labute approximate surface area is 172 Å². The molecule has 1 spiro atoms. The normalized spacial score (nSPS) is 27.2. The highest BCUT2D eigenvalue weighted by Gasteiger charge is 2.62. The fourth-order valence-electron chi connectivity index (χ4n) is 5.06. The highest BCUT2D eigenvalue weighted by Crippen LogP contribution is 2.47. The first kappa shape index (κ1) is 18.7. The van der Waals surface area contributed by atoms with E-state index in [1.807, 2.05) is 32.0 Å². The maximum absolute atomic E-state index is 13.1. The second kappa shape index (κ2) is 6.60. The second-order valence-electron chi connectivity index (χ2n) is 8.07. The monoisotopic (exact) mass is 407 g/mol. The summed E-state index contributed by atoms with van der Waals surface area (Å²) in [5, 5.41) is 4.60. The van der Waals surface area contributed by atoms with Crippen LogP contribution in [0.25, 0.3) is 11.3 Å². The number of hydrogen-bond acceptors (Lipinski definition) is 7. The van der Waals surface area contributed by atoms with Gasteiger partial charge in [0.15, 0.2) is 5.41 Å². The van der Waals surface area contributed by atoms with Gasteiger partial charge in [0.2, 0.25) is 11.8 Å². The van der Waals surface area contributed by atoms with Crippen molar-refractivity contribution in [3.05, 3.63) is 42.4 Å². The molecule has 0 unspecified atom stereocenters. The molecule has 2 fully saturated rings. The van der Waals surface area contributed by atoms with Crippen molar-refractivity contribution in [2.24, 2.45) is 5.41 Å². The van der Waals surface area contributed by atoms with Crippen LogP contribution in [0.1, 0.15) is 19.4 Å². The van der Waals surface area contributed by atoms with Crippen LogP contribution in [-0.2, 0) is 20.7 Å². The topological polar surface area (TPSA) is 114 Å². The van der Waals surface area contributed by atoms with Gasteiger partial charge in [0.05, 0.1) is 30.1 Å². The van der Waals surface area contributed by atoms with E-state index in [2.05, 4.69) is 25.5 Å². The third-order valence-corrected chi connectivity index (χ3v) is 6.17. The Balaban J connectivity index is 1.68. The van der Waals surface area contributed by atoms with E-state index in [0.717, 1.165) is 16.8 Å². The lowest BCUT2D eigenvalue weighted by atomic mass is 9.66. The summed E-state index contributed by atoms with van der Waals surface area (Å²) < 4.78 is 6.01. The van der Waals surface area contributed by atoms with Crippen molar-refractivity contribution in [3.8, 4) is 11.3 Å². The number of nitrogens with zero attached hydrogens (tertiary/aromatic N) is 3. The third-order valence-electron chi connectivity index (χ3n) is 6.17. The maximum Gasteiger partial charge on any atom is 0.328 e. The number of urea groups is 1. The number of imide groups is 2. The first-order valence-corrected chi connectivity index (χ1v) is 9.88. The first-order chi connectivity index (χ1) is 14.4. The van der Waals surface area contributed by atoms with Gasteiger partial charge in [-0.15, -0.1) is 0 Å². The number of aromatic nitrogens is 2. The van der Waals surface area contributed by atoms with Gasteiger partial charge in [0.1, 0.15) is 0 Å². The number of morpholine rings is 1. The van der Waals surface area contributed by atoms with Crippen molar-refractivity contribution < 1.29 is 19.1 Å². The lowest BCUT2D eigenvalue weighted by molar-refractivity contribution is -0.153. The summed E-state index contributed by atoms with van der Waals surface area (Å²) in [7, 11) is 0. The number of anilines is 1. The number of amides is 4. The molecular formula is C21H21N5O4. The van der Waals surface area contributed by atoms with Crippen molar-refractivity contribution in [1.29, 1.82) is 0 Å². The number of ether oxygens (including phenoxy) is 1. The molecule has 1 aromatic carbocycles. The molecule has 3 aliphatic heterocycles. The van der Waals surface area contributed by atoms with Gasteiger partial charge < -0.3 is 9.64 Å². The number of benzene rings is 1. The van der Waals surface area contributed by atoms with Crippen LogP contribution in [0.2, 0.25) is 0 Å². The van der Waals surface area contributed by atoms with Crippen LogP contribution in [0.4, 0.5) is 10.5 Å². The molecule has 0 saturated carbocycles. The minimum absolute atomic E-state index is 0.0738. The predicted octanol–water partition coefficient (Wildman–Crippen LogP) is 1.03. The summed E-state index contributed by atoms with van der Waals surface area (Å²) in [6, 6.07) is 4.58. The smallest absolute Gasteiger partial charge is 0.328 e.